The number of pyridine rings is 1. The summed E-state index contributed by atoms with van der Waals surface area (Å²) in [7, 11) is 0. The Bertz CT molecular complexity index is 571. The van der Waals surface area contributed by atoms with Crippen molar-refractivity contribution >= 4 is 5.69 Å². The third-order valence-corrected chi connectivity index (χ3v) is 3.99. The lowest BCUT2D eigenvalue weighted by Crippen LogP contribution is -2.17. The fraction of sp³-hybridized carbons (Fsp3) is 0.389. The number of nitrogens with zero attached hydrogens (tertiary/aromatic N) is 2. The Morgan fingerprint density at radius 2 is 1.76 bits per heavy atom. The minimum absolute atomic E-state index is 0.815. The maximum atomic E-state index is 4.50. The van der Waals surface area contributed by atoms with Gasteiger partial charge in [0.15, 0.2) is 0 Å². The monoisotopic (exact) mass is 281 g/mol. The van der Waals surface area contributed by atoms with Crippen LogP contribution >= 0.6 is 0 Å². The molecule has 1 N–H and O–H groups in total. The van der Waals surface area contributed by atoms with Gasteiger partial charge < -0.3 is 10.2 Å². The largest absolute Gasteiger partial charge is 0.372 e. The van der Waals surface area contributed by atoms with Crippen LogP contribution in [-0.2, 0) is 13.1 Å². The lowest BCUT2D eigenvalue weighted by Gasteiger charge is -2.17. The summed E-state index contributed by atoms with van der Waals surface area (Å²) in [4.78, 5) is 6.97. The first-order valence-corrected chi connectivity index (χ1v) is 7.78. The molecule has 21 heavy (non-hydrogen) atoms. The van der Waals surface area contributed by atoms with E-state index in [4.69, 9.17) is 0 Å². The minimum Gasteiger partial charge on any atom is -0.372 e. The van der Waals surface area contributed by atoms with Crippen LogP contribution in [0.3, 0.4) is 0 Å². The molecule has 0 spiro atoms. The highest BCUT2D eigenvalue weighted by Gasteiger charge is 2.11. The highest BCUT2D eigenvalue weighted by atomic mass is 15.1. The van der Waals surface area contributed by atoms with Crippen LogP contribution in [0.2, 0.25) is 0 Å². The third-order valence-electron chi connectivity index (χ3n) is 3.99. The lowest BCUT2D eigenvalue weighted by molar-refractivity contribution is 0.678. The Hall–Kier alpha value is -1.87. The SMILES string of the molecule is Cc1cccc(CNCc2ccc(N3CCCC3)cc2)n1. The van der Waals surface area contributed by atoms with E-state index in [9.17, 15) is 0 Å². The van der Waals surface area contributed by atoms with Gasteiger partial charge in [0, 0.05) is 37.6 Å². The Kier molecular flexibility index (Phi) is 4.51. The van der Waals surface area contributed by atoms with Crippen molar-refractivity contribution in [2.75, 3.05) is 18.0 Å². The molecule has 2 heterocycles. The molecule has 1 aliphatic heterocycles. The molecule has 0 saturated carbocycles. The van der Waals surface area contributed by atoms with E-state index < -0.39 is 0 Å². The quantitative estimate of drug-likeness (QED) is 0.911. The molecule has 110 valence electrons. The Balaban J connectivity index is 1.51. The summed E-state index contributed by atoms with van der Waals surface area (Å²) in [5.41, 5.74) is 4.86. The van der Waals surface area contributed by atoms with Gasteiger partial charge in [0.1, 0.15) is 0 Å². The van der Waals surface area contributed by atoms with Crippen LogP contribution in [-0.4, -0.2) is 18.1 Å². The van der Waals surface area contributed by atoms with E-state index in [0.717, 1.165) is 24.5 Å². The van der Waals surface area contributed by atoms with Gasteiger partial charge in [0.2, 0.25) is 0 Å². The predicted octanol–water partition coefficient (Wildman–Crippen LogP) is 3.28. The summed E-state index contributed by atoms with van der Waals surface area (Å²) in [6.45, 7) is 6.14. The van der Waals surface area contributed by atoms with Crippen molar-refractivity contribution in [3.63, 3.8) is 0 Å². The van der Waals surface area contributed by atoms with E-state index in [1.807, 2.05) is 13.0 Å². The fourth-order valence-corrected chi connectivity index (χ4v) is 2.83. The average molecular weight is 281 g/mol. The van der Waals surface area contributed by atoms with Crippen LogP contribution in [0.15, 0.2) is 42.5 Å². The summed E-state index contributed by atoms with van der Waals surface area (Å²) >= 11 is 0. The number of benzene rings is 1. The minimum atomic E-state index is 0.815. The first-order chi connectivity index (χ1) is 10.3. The van der Waals surface area contributed by atoms with Gasteiger partial charge in [-0.3, -0.25) is 4.98 Å². The number of hydrogen-bond acceptors (Lipinski definition) is 3. The molecule has 3 rings (SSSR count). The van der Waals surface area contributed by atoms with Gasteiger partial charge in [-0.2, -0.15) is 0 Å². The van der Waals surface area contributed by atoms with Crippen LogP contribution in [0, 0.1) is 6.92 Å². The van der Waals surface area contributed by atoms with Gasteiger partial charge in [-0.05, 0) is 49.6 Å². The van der Waals surface area contributed by atoms with Gasteiger partial charge in [0.05, 0.1) is 5.69 Å². The third kappa shape index (κ3) is 3.82. The zero-order valence-corrected chi connectivity index (χ0v) is 12.7. The fourth-order valence-electron chi connectivity index (χ4n) is 2.83. The van der Waals surface area contributed by atoms with Gasteiger partial charge in [0.25, 0.3) is 0 Å². The van der Waals surface area contributed by atoms with Crippen LogP contribution in [0.4, 0.5) is 5.69 Å². The van der Waals surface area contributed by atoms with E-state index >= 15 is 0 Å². The van der Waals surface area contributed by atoms with Crippen LogP contribution in [0.25, 0.3) is 0 Å². The molecular formula is C18H23N3. The number of hydrogen-bond donors (Lipinski definition) is 1. The van der Waals surface area contributed by atoms with Gasteiger partial charge in [-0.15, -0.1) is 0 Å². The molecule has 0 radical (unpaired) electrons. The lowest BCUT2D eigenvalue weighted by atomic mass is 10.2. The zero-order chi connectivity index (χ0) is 14.5. The molecule has 0 amide bonds. The molecule has 0 unspecified atom stereocenters. The number of aryl methyl sites for hydroxylation is 1. The van der Waals surface area contributed by atoms with Crippen LogP contribution in [0.5, 0.6) is 0 Å². The topological polar surface area (TPSA) is 28.2 Å². The average Bonchev–Trinajstić information content (AvgIpc) is 3.02. The summed E-state index contributed by atoms with van der Waals surface area (Å²) in [6, 6.07) is 15.1. The highest BCUT2D eigenvalue weighted by molar-refractivity contribution is 5.48. The predicted molar refractivity (Wildman–Crippen MR) is 87.4 cm³/mol. The molecule has 0 bridgehead atoms. The molecule has 3 heteroatoms. The number of nitrogens with one attached hydrogen (secondary N) is 1. The van der Waals surface area contributed by atoms with Gasteiger partial charge >= 0.3 is 0 Å². The number of anilines is 1. The second-order valence-corrected chi connectivity index (χ2v) is 5.73. The normalized spacial score (nSPS) is 14.6. The Morgan fingerprint density at radius 1 is 1.00 bits per heavy atom. The van der Waals surface area contributed by atoms with E-state index in [2.05, 4.69) is 51.6 Å². The molecule has 3 nitrogen and oxygen atoms in total. The summed E-state index contributed by atoms with van der Waals surface area (Å²) in [6.07, 6.45) is 2.65. The molecule has 1 aliphatic rings. The maximum Gasteiger partial charge on any atom is 0.0544 e. The van der Waals surface area contributed by atoms with E-state index in [1.54, 1.807) is 0 Å². The van der Waals surface area contributed by atoms with Crippen molar-refractivity contribution in [2.45, 2.75) is 32.9 Å². The molecular weight excluding hydrogens is 258 g/mol. The molecule has 1 aromatic heterocycles. The van der Waals surface area contributed by atoms with Crippen molar-refractivity contribution in [1.29, 1.82) is 0 Å². The van der Waals surface area contributed by atoms with Crippen LogP contribution < -0.4 is 10.2 Å². The molecule has 0 aliphatic carbocycles. The van der Waals surface area contributed by atoms with E-state index in [1.165, 1.54) is 37.2 Å². The Morgan fingerprint density at radius 3 is 2.48 bits per heavy atom. The highest BCUT2D eigenvalue weighted by Crippen LogP contribution is 2.20. The van der Waals surface area contributed by atoms with Gasteiger partial charge in [-0.1, -0.05) is 18.2 Å². The molecule has 1 saturated heterocycles. The smallest absolute Gasteiger partial charge is 0.0544 e. The molecule has 2 aromatic rings. The maximum absolute atomic E-state index is 4.50. The summed E-state index contributed by atoms with van der Waals surface area (Å²) in [5.74, 6) is 0. The standard InChI is InChI=1S/C18H23N3/c1-15-5-4-6-17(20-15)14-19-13-16-7-9-18(10-8-16)21-11-2-3-12-21/h4-10,19H,2-3,11-14H2,1H3. The Labute approximate surface area is 127 Å². The van der Waals surface area contributed by atoms with Gasteiger partial charge in [-0.25, -0.2) is 0 Å². The second-order valence-electron chi connectivity index (χ2n) is 5.73. The van der Waals surface area contributed by atoms with Crippen molar-refractivity contribution in [3.05, 3.63) is 59.4 Å². The van der Waals surface area contributed by atoms with Crippen LogP contribution in [0.1, 0.15) is 29.8 Å². The van der Waals surface area contributed by atoms with E-state index in [0.29, 0.717) is 0 Å². The van der Waals surface area contributed by atoms with E-state index in [-0.39, 0.29) is 0 Å². The number of rotatable bonds is 5. The summed E-state index contributed by atoms with van der Waals surface area (Å²) in [5, 5.41) is 3.46. The van der Waals surface area contributed by atoms with Crippen molar-refractivity contribution in [3.8, 4) is 0 Å². The zero-order valence-electron chi connectivity index (χ0n) is 12.7. The second kappa shape index (κ2) is 6.72. The number of aromatic nitrogens is 1. The molecule has 0 atom stereocenters. The molecule has 1 fully saturated rings. The molecule has 1 aromatic carbocycles. The van der Waals surface area contributed by atoms with Crippen molar-refractivity contribution in [2.24, 2.45) is 0 Å². The summed E-state index contributed by atoms with van der Waals surface area (Å²) < 4.78 is 0. The first kappa shape index (κ1) is 14.1. The first-order valence-electron chi connectivity index (χ1n) is 7.78. The van der Waals surface area contributed by atoms with Crippen molar-refractivity contribution in [1.82, 2.24) is 10.3 Å². The van der Waals surface area contributed by atoms with Crippen molar-refractivity contribution < 1.29 is 0 Å².